The molecule has 3 aromatic rings. The van der Waals surface area contributed by atoms with E-state index >= 15 is 0 Å². The highest BCUT2D eigenvalue weighted by molar-refractivity contribution is 9.11. The summed E-state index contributed by atoms with van der Waals surface area (Å²) in [4.78, 5) is 37.8. The third-order valence-electron chi connectivity index (χ3n) is 3.55. The monoisotopic (exact) mass is 526 g/mol. The Morgan fingerprint density at radius 3 is 2.59 bits per heavy atom. The summed E-state index contributed by atoms with van der Waals surface area (Å²) in [5, 5.41) is 18.5. The van der Waals surface area contributed by atoms with Crippen LogP contribution in [0, 0.1) is 11.3 Å². The first-order valence-corrected chi connectivity index (χ1v) is 9.26. The Balaban J connectivity index is 2.06. The first-order valence-electron chi connectivity index (χ1n) is 9.67. The van der Waals surface area contributed by atoms with Crippen molar-refractivity contribution in [1.29, 1.82) is 5.26 Å². The normalized spacial score (nSPS) is 15.2. The minimum atomic E-state index is -2.79. The minimum Gasteiger partial charge on any atom is -0.435 e. The molecule has 0 radical (unpaired) electrons. The molecule has 1 unspecified atom stereocenters. The van der Waals surface area contributed by atoms with Gasteiger partial charge in [0.1, 0.15) is 6.07 Å². The fourth-order valence-electron chi connectivity index (χ4n) is 2.24. The summed E-state index contributed by atoms with van der Waals surface area (Å²) in [5.74, 6) is -2.30. The molecule has 0 spiro atoms. The van der Waals surface area contributed by atoms with Crippen molar-refractivity contribution < 1.29 is 10.2 Å². The smallest absolute Gasteiger partial charge is 0.349 e. The molecule has 10 nitrogen and oxygen atoms in total. The maximum Gasteiger partial charge on any atom is 0.349 e. The second-order valence-electron chi connectivity index (χ2n) is 5.55. The van der Waals surface area contributed by atoms with E-state index in [1.165, 1.54) is 12.1 Å². The molecule has 0 fully saturated rings. The van der Waals surface area contributed by atoms with Crippen LogP contribution in [0.3, 0.4) is 0 Å². The van der Waals surface area contributed by atoms with Crippen LogP contribution in [0.4, 0.5) is 0 Å². The number of hydrogen-bond donors (Lipinski definition) is 2. The van der Waals surface area contributed by atoms with Gasteiger partial charge in [-0.05, 0) is 49.9 Å². The molecule has 148 valence electrons. The van der Waals surface area contributed by atoms with Gasteiger partial charge in [-0.2, -0.15) is 9.94 Å². The van der Waals surface area contributed by atoms with Crippen LogP contribution in [-0.2, 0) is 0 Å². The Kier molecular flexibility index (Phi) is 4.44. The highest BCUT2D eigenvalue weighted by atomic mass is 79.9. The van der Waals surface area contributed by atoms with Gasteiger partial charge in [-0.3, -0.25) is 14.6 Å². The van der Waals surface area contributed by atoms with Gasteiger partial charge in [-0.15, -0.1) is 10.2 Å². The zero-order chi connectivity index (χ0) is 24.7. The molecule has 1 atom stereocenters. The summed E-state index contributed by atoms with van der Waals surface area (Å²) in [6.45, 7) is -1.71. The summed E-state index contributed by atoms with van der Waals surface area (Å²) < 4.78 is 37.8. The summed E-state index contributed by atoms with van der Waals surface area (Å²) in [7, 11) is 0. The van der Waals surface area contributed by atoms with E-state index in [0.29, 0.717) is 0 Å². The van der Waals surface area contributed by atoms with E-state index < -0.39 is 35.2 Å². The quantitative estimate of drug-likeness (QED) is 0.529. The molecule has 2 heterocycles. The zero-order valence-electron chi connectivity index (χ0n) is 18.4. The highest BCUT2D eigenvalue weighted by Crippen LogP contribution is 2.38. The Morgan fingerprint density at radius 2 is 1.97 bits per heavy atom. The largest absolute Gasteiger partial charge is 0.435 e. The van der Waals surface area contributed by atoms with Crippen LogP contribution in [0.2, 0.25) is 0 Å². The van der Waals surface area contributed by atoms with Crippen molar-refractivity contribution in [2.75, 3.05) is 0 Å². The van der Waals surface area contributed by atoms with Gasteiger partial charge in [0.2, 0.25) is 11.6 Å². The van der Waals surface area contributed by atoms with Gasteiger partial charge < -0.3 is 4.74 Å². The van der Waals surface area contributed by atoms with Crippen molar-refractivity contribution in [3.63, 3.8) is 0 Å². The molecule has 2 N–H and O–H groups in total. The summed E-state index contributed by atoms with van der Waals surface area (Å²) in [6, 6.07) is 5.44. The molecule has 0 saturated heterocycles. The second kappa shape index (κ2) is 8.14. The average Bonchev–Trinajstić information content (AvgIpc) is 2.71. The van der Waals surface area contributed by atoms with E-state index in [1.807, 2.05) is 4.98 Å². The van der Waals surface area contributed by atoms with Crippen LogP contribution in [0.15, 0.2) is 41.5 Å². The Hall–Kier alpha value is -3.04. The molecule has 0 amide bonds. The Morgan fingerprint density at radius 1 is 1.28 bits per heavy atom. The lowest BCUT2D eigenvalue weighted by molar-refractivity contribution is 0.446. The SMILES string of the molecule is [2H]C([2H])([2H])C([2H])(C)c1cc(Oc2c(Br)cc(-n3nc(C#N)c(=O)[nH]c3=O)cc2Br)n[nH]c1=O. The number of nitrogens with zero attached hydrogens (tertiary/aromatic N) is 4. The Labute approximate surface area is 185 Å². The molecule has 2 aromatic heterocycles. The number of benzene rings is 1. The molecule has 3 rings (SSSR count). The van der Waals surface area contributed by atoms with Crippen molar-refractivity contribution in [2.45, 2.75) is 19.7 Å². The van der Waals surface area contributed by atoms with Gasteiger partial charge in [0.15, 0.2) is 5.75 Å². The lowest BCUT2D eigenvalue weighted by Gasteiger charge is -2.12. The van der Waals surface area contributed by atoms with Crippen LogP contribution >= 0.6 is 31.9 Å². The maximum absolute atomic E-state index is 12.1. The van der Waals surface area contributed by atoms with Gasteiger partial charge in [0.25, 0.3) is 11.1 Å². The first-order chi connectivity index (χ1) is 15.3. The molecule has 0 aliphatic rings. The van der Waals surface area contributed by atoms with E-state index in [4.69, 9.17) is 15.5 Å². The molecule has 0 saturated carbocycles. The number of rotatable bonds is 4. The predicted molar refractivity (Wildman–Crippen MR) is 110 cm³/mol. The fourth-order valence-corrected chi connectivity index (χ4v) is 3.56. The van der Waals surface area contributed by atoms with Gasteiger partial charge in [0, 0.05) is 17.1 Å². The number of ether oxygens (including phenoxy) is 1. The molecule has 1 aromatic carbocycles. The molecule has 12 heteroatoms. The van der Waals surface area contributed by atoms with E-state index in [9.17, 15) is 14.4 Å². The van der Waals surface area contributed by atoms with E-state index in [1.54, 1.807) is 6.07 Å². The zero-order valence-corrected chi connectivity index (χ0v) is 17.6. The number of halogens is 2. The number of hydrogen-bond acceptors (Lipinski definition) is 7. The number of nitrogens with one attached hydrogen (secondary N) is 2. The number of aromatic nitrogens is 5. The van der Waals surface area contributed by atoms with Crippen LogP contribution in [-0.4, -0.2) is 25.0 Å². The molecular weight excluding hydrogens is 512 g/mol. The average molecular weight is 528 g/mol. The number of H-pyrrole nitrogens is 2. The van der Waals surface area contributed by atoms with Crippen molar-refractivity contribution in [2.24, 2.45) is 0 Å². The lowest BCUT2D eigenvalue weighted by atomic mass is 10.1. The number of nitriles is 1. The first kappa shape index (κ1) is 15.8. The lowest BCUT2D eigenvalue weighted by Crippen LogP contribution is -2.33. The van der Waals surface area contributed by atoms with Gasteiger partial charge in [0.05, 0.1) is 14.6 Å². The van der Waals surface area contributed by atoms with E-state index in [-0.39, 0.29) is 31.8 Å². The van der Waals surface area contributed by atoms with Crippen LogP contribution in [0.1, 0.15) is 36.4 Å². The summed E-state index contributed by atoms with van der Waals surface area (Å²) in [5.41, 5.74) is -3.37. The van der Waals surface area contributed by atoms with Gasteiger partial charge in [-0.25, -0.2) is 9.89 Å². The molecule has 29 heavy (non-hydrogen) atoms. The fraction of sp³-hybridized carbons (Fsp3) is 0.176. The van der Waals surface area contributed by atoms with E-state index in [2.05, 4.69) is 47.2 Å². The van der Waals surface area contributed by atoms with Crippen LogP contribution < -0.4 is 21.5 Å². The second-order valence-corrected chi connectivity index (χ2v) is 7.25. The third kappa shape index (κ3) is 4.20. The topological polar surface area (TPSA) is 147 Å². The highest BCUT2D eigenvalue weighted by Gasteiger charge is 2.16. The van der Waals surface area contributed by atoms with Crippen molar-refractivity contribution in [3.8, 4) is 23.4 Å². The van der Waals surface area contributed by atoms with Crippen molar-refractivity contribution >= 4 is 31.9 Å². The van der Waals surface area contributed by atoms with Crippen molar-refractivity contribution in [1.82, 2.24) is 25.0 Å². The summed E-state index contributed by atoms with van der Waals surface area (Å²) >= 11 is 6.54. The minimum absolute atomic E-state index is 0.128. The summed E-state index contributed by atoms with van der Waals surface area (Å²) in [6.07, 6.45) is 0. The standard InChI is InChI=1S/C17H12Br2N6O4/c1-7(2)9-5-13(22-23-15(9)26)29-14-10(18)3-8(4-11(14)19)25-17(28)21-16(27)12(6-20)24-25/h3-5,7H,1-2H3,(H,23,26)(H,21,27,28)/i1D3,7D. The third-order valence-corrected chi connectivity index (χ3v) is 4.73. The molecule has 0 aliphatic carbocycles. The molecular formula is C17H12Br2N6O4. The molecule has 0 aliphatic heterocycles. The van der Waals surface area contributed by atoms with Crippen molar-refractivity contribution in [3.05, 3.63) is 69.6 Å². The Bertz CT molecular complexity index is 1450. The predicted octanol–water partition coefficient (Wildman–Crippen LogP) is 2.32. The van der Waals surface area contributed by atoms with Gasteiger partial charge >= 0.3 is 5.69 Å². The maximum atomic E-state index is 12.1. The number of aromatic amines is 2. The van der Waals surface area contributed by atoms with Gasteiger partial charge in [-0.1, -0.05) is 13.8 Å². The van der Waals surface area contributed by atoms with E-state index in [0.717, 1.165) is 17.7 Å². The molecule has 0 bridgehead atoms. The van der Waals surface area contributed by atoms with Crippen LogP contribution in [0.25, 0.3) is 5.69 Å². The van der Waals surface area contributed by atoms with Crippen LogP contribution in [0.5, 0.6) is 11.6 Å².